The molecule has 0 unspecified atom stereocenters. The molecule has 4 heteroatoms. The Morgan fingerprint density at radius 2 is 1.59 bits per heavy atom. The van der Waals surface area contributed by atoms with E-state index in [2.05, 4.69) is 37.3 Å². The van der Waals surface area contributed by atoms with E-state index < -0.39 is 6.04 Å². The zero-order chi connectivity index (χ0) is 18.3. The fourth-order valence-corrected chi connectivity index (χ4v) is 6.75. The van der Waals surface area contributed by atoms with Gasteiger partial charge in [-0.2, -0.15) is 0 Å². The second kappa shape index (κ2) is 8.13. The topological polar surface area (TPSA) is 52.3 Å². The second-order valence-corrected chi connectivity index (χ2v) is 9.51. The zero-order valence-corrected chi connectivity index (χ0v) is 17.4. The third-order valence-corrected chi connectivity index (χ3v) is 7.41. The highest BCUT2D eigenvalue weighted by atomic mass is 35.5. The maximum atomic E-state index is 12.2. The summed E-state index contributed by atoms with van der Waals surface area (Å²) in [5.41, 5.74) is 7.48. The van der Waals surface area contributed by atoms with Crippen LogP contribution in [-0.2, 0) is 16.0 Å². The SMILES string of the molecule is C[C@H](N)C(=O)O[C@@H](C)[C@H](Cc1ccccc1)C12CC3CC(CC(C3)C1)C2.Cl. The van der Waals surface area contributed by atoms with Crippen LogP contribution in [0, 0.1) is 29.1 Å². The maximum Gasteiger partial charge on any atom is 0.322 e. The van der Waals surface area contributed by atoms with Crippen molar-refractivity contribution in [2.24, 2.45) is 34.8 Å². The van der Waals surface area contributed by atoms with Gasteiger partial charge in [-0.25, -0.2) is 0 Å². The highest BCUT2D eigenvalue weighted by molar-refractivity contribution is 5.85. The van der Waals surface area contributed by atoms with Crippen LogP contribution < -0.4 is 5.73 Å². The van der Waals surface area contributed by atoms with Gasteiger partial charge >= 0.3 is 5.97 Å². The fraction of sp³-hybridized carbons (Fsp3) is 0.696. The normalized spacial score (nSPS) is 34.4. The van der Waals surface area contributed by atoms with Crippen molar-refractivity contribution in [1.29, 1.82) is 0 Å². The number of ether oxygens (including phenoxy) is 1. The van der Waals surface area contributed by atoms with E-state index in [-0.39, 0.29) is 24.5 Å². The van der Waals surface area contributed by atoms with Crippen LogP contribution in [0.25, 0.3) is 0 Å². The van der Waals surface area contributed by atoms with Gasteiger partial charge in [-0.15, -0.1) is 12.4 Å². The largest absolute Gasteiger partial charge is 0.461 e. The van der Waals surface area contributed by atoms with E-state index in [9.17, 15) is 4.79 Å². The van der Waals surface area contributed by atoms with Crippen molar-refractivity contribution in [2.75, 3.05) is 0 Å². The first-order valence-electron chi connectivity index (χ1n) is 10.5. The van der Waals surface area contributed by atoms with Gasteiger partial charge in [0.2, 0.25) is 0 Å². The van der Waals surface area contributed by atoms with Crippen LogP contribution in [0.15, 0.2) is 30.3 Å². The summed E-state index contributed by atoms with van der Waals surface area (Å²) in [7, 11) is 0. The Hall–Kier alpha value is -1.06. The summed E-state index contributed by atoms with van der Waals surface area (Å²) in [6, 6.07) is 10.2. The monoisotopic (exact) mass is 391 g/mol. The third-order valence-electron chi connectivity index (χ3n) is 7.41. The van der Waals surface area contributed by atoms with Crippen LogP contribution >= 0.6 is 12.4 Å². The molecule has 27 heavy (non-hydrogen) atoms. The Kier molecular flexibility index (Phi) is 6.22. The standard InChI is InChI=1S/C23H33NO2.ClH/c1-15(24)22(25)26-16(2)21(11-17-6-4-3-5-7-17)23-12-18-8-19(13-23)10-20(9-18)14-23;/h3-7,15-16,18-21H,8-14,24H2,1-2H3;1H/t15-,16-,18?,19?,20?,21-,23?;/m0./s1. The van der Waals surface area contributed by atoms with E-state index in [1.807, 2.05) is 0 Å². The highest BCUT2D eigenvalue weighted by Crippen LogP contribution is 2.63. The molecular weight excluding hydrogens is 358 g/mol. The molecule has 4 aliphatic rings. The summed E-state index contributed by atoms with van der Waals surface area (Å²) in [5.74, 6) is 2.82. The molecule has 5 rings (SSSR count). The summed E-state index contributed by atoms with van der Waals surface area (Å²) in [5, 5.41) is 0. The number of carbonyl (C=O) groups is 1. The van der Waals surface area contributed by atoms with Gasteiger partial charge in [0.15, 0.2) is 0 Å². The molecule has 1 aromatic rings. The van der Waals surface area contributed by atoms with Crippen LogP contribution in [0.5, 0.6) is 0 Å². The molecule has 1 aromatic carbocycles. The average molecular weight is 392 g/mol. The van der Waals surface area contributed by atoms with Crippen LogP contribution in [-0.4, -0.2) is 18.1 Å². The number of benzene rings is 1. The minimum absolute atomic E-state index is 0. The summed E-state index contributed by atoms with van der Waals surface area (Å²) in [4.78, 5) is 12.2. The number of rotatable bonds is 6. The summed E-state index contributed by atoms with van der Waals surface area (Å²) < 4.78 is 5.87. The molecule has 4 saturated carbocycles. The predicted molar refractivity (Wildman–Crippen MR) is 111 cm³/mol. The first-order valence-corrected chi connectivity index (χ1v) is 10.5. The van der Waals surface area contributed by atoms with Crippen LogP contribution in [0.3, 0.4) is 0 Å². The van der Waals surface area contributed by atoms with Gasteiger partial charge in [0.25, 0.3) is 0 Å². The second-order valence-electron chi connectivity index (χ2n) is 9.51. The predicted octanol–water partition coefficient (Wildman–Crippen LogP) is 4.76. The van der Waals surface area contributed by atoms with E-state index in [1.54, 1.807) is 6.92 Å². The summed E-state index contributed by atoms with van der Waals surface area (Å²) in [6.07, 6.45) is 9.22. The first kappa shape index (κ1) is 20.7. The molecule has 0 radical (unpaired) electrons. The smallest absolute Gasteiger partial charge is 0.322 e. The van der Waals surface area contributed by atoms with Gasteiger partial charge in [-0.1, -0.05) is 30.3 Å². The number of hydrogen-bond acceptors (Lipinski definition) is 3. The van der Waals surface area contributed by atoms with Crippen molar-refractivity contribution in [3.63, 3.8) is 0 Å². The lowest BCUT2D eigenvalue weighted by Gasteiger charge is -2.60. The Labute approximate surface area is 169 Å². The van der Waals surface area contributed by atoms with Crippen molar-refractivity contribution in [3.05, 3.63) is 35.9 Å². The van der Waals surface area contributed by atoms with Gasteiger partial charge < -0.3 is 10.5 Å². The van der Waals surface area contributed by atoms with Gasteiger partial charge in [-0.3, -0.25) is 4.79 Å². The van der Waals surface area contributed by atoms with Crippen molar-refractivity contribution < 1.29 is 9.53 Å². The quantitative estimate of drug-likeness (QED) is 0.711. The third kappa shape index (κ3) is 4.19. The number of esters is 1. The maximum absolute atomic E-state index is 12.2. The zero-order valence-electron chi connectivity index (χ0n) is 16.6. The Balaban J connectivity index is 0.00000210. The lowest BCUT2D eigenvalue weighted by molar-refractivity contribution is -0.163. The molecule has 0 spiro atoms. The lowest BCUT2D eigenvalue weighted by atomic mass is 9.45. The molecule has 4 aliphatic carbocycles. The Bertz CT molecular complexity index is 610. The van der Waals surface area contributed by atoms with Gasteiger partial charge in [-0.05, 0) is 87.5 Å². The molecule has 2 N–H and O–H groups in total. The molecule has 0 heterocycles. The molecular formula is C23H34ClNO2. The minimum Gasteiger partial charge on any atom is -0.461 e. The van der Waals surface area contributed by atoms with Crippen LogP contribution in [0.1, 0.15) is 57.9 Å². The van der Waals surface area contributed by atoms with Crippen LogP contribution in [0.4, 0.5) is 0 Å². The van der Waals surface area contributed by atoms with E-state index in [0.717, 1.165) is 24.2 Å². The van der Waals surface area contributed by atoms with Gasteiger partial charge in [0.05, 0.1) is 0 Å². The average Bonchev–Trinajstić information content (AvgIpc) is 2.59. The van der Waals surface area contributed by atoms with Gasteiger partial charge in [0, 0.05) is 5.92 Å². The van der Waals surface area contributed by atoms with E-state index in [0.29, 0.717) is 11.3 Å². The molecule has 150 valence electrons. The molecule has 0 saturated heterocycles. The first-order chi connectivity index (χ1) is 12.4. The number of carbonyl (C=O) groups excluding carboxylic acids is 1. The minimum atomic E-state index is -0.550. The molecule has 3 atom stereocenters. The van der Waals surface area contributed by atoms with Crippen molar-refractivity contribution in [2.45, 2.75) is 70.9 Å². The molecule has 4 bridgehead atoms. The lowest BCUT2D eigenvalue weighted by Crippen LogP contribution is -2.53. The molecule has 0 aliphatic heterocycles. The van der Waals surface area contributed by atoms with Crippen LogP contribution in [0.2, 0.25) is 0 Å². The van der Waals surface area contributed by atoms with E-state index in [4.69, 9.17) is 10.5 Å². The van der Waals surface area contributed by atoms with Crippen molar-refractivity contribution in [3.8, 4) is 0 Å². The summed E-state index contributed by atoms with van der Waals surface area (Å²) in [6.45, 7) is 3.82. The molecule has 4 fully saturated rings. The molecule has 3 nitrogen and oxygen atoms in total. The Morgan fingerprint density at radius 1 is 1.07 bits per heavy atom. The Morgan fingerprint density at radius 3 is 2.07 bits per heavy atom. The van der Waals surface area contributed by atoms with Crippen molar-refractivity contribution >= 4 is 18.4 Å². The fourth-order valence-electron chi connectivity index (χ4n) is 6.75. The van der Waals surface area contributed by atoms with E-state index in [1.165, 1.54) is 44.1 Å². The number of halogens is 1. The van der Waals surface area contributed by atoms with E-state index >= 15 is 0 Å². The number of nitrogens with two attached hydrogens (primary N) is 1. The molecule has 0 amide bonds. The highest BCUT2D eigenvalue weighted by Gasteiger charge is 2.55. The number of hydrogen-bond donors (Lipinski definition) is 1. The summed E-state index contributed by atoms with van der Waals surface area (Å²) >= 11 is 0. The van der Waals surface area contributed by atoms with Gasteiger partial charge in [0.1, 0.15) is 12.1 Å². The molecule has 0 aromatic heterocycles. The van der Waals surface area contributed by atoms with Crippen molar-refractivity contribution in [1.82, 2.24) is 0 Å².